The Morgan fingerprint density at radius 3 is 2.07 bits per heavy atom. The van der Waals surface area contributed by atoms with Gasteiger partial charge in [-0.2, -0.15) is 13.2 Å². The molecule has 0 N–H and O–H groups in total. The number of alkyl halides is 3. The number of hydrogen-bond acceptors (Lipinski definition) is 6. The van der Waals surface area contributed by atoms with Gasteiger partial charge >= 0.3 is 6.18 Å². The van der Waals surface area contributed by atoms with Crippen LogP contribution in [0.5, 0.6) is 23.0 Å². The van der Waals surface area contributed by atoms with Crippen molar-refractivity contribution in [3.05, 3.63) is 89.2 Å². The number of rotatable bonds is 10. The lowest BCUT2D eigenvalue weighted by molar-refractivity contribution is -0.141. The maximum absolute atomic E-state index is 14.6. The monoisotopic (exact) mass is 579 g/mol. The van der Waals surface area contributed by atoms with E-state index >= 15 is 0 Å². The first-order valence-corrected chi connectivity index (χ1v) is 14.1. The summed E-state index contributed by atoms with van der Waals surface area (Å²) in [5, 5.41) is 0. The first-order valence-electron chi connectivity index (χ1n) is 14.1. The SMILES string of the molecule is CCCCn1c(-c2ccccc2)nc(C(F)(F)F)c1CN(Cc1ccc2c(c1)OCCO2)Cc1ccc2c(c1)OCO2. The van der Waals surface area contributed by atoms with Gasteiger partial charge in [0.05, 0.1) is 5.69 Å². The second-order valence-electron chi connectivity index (χ2n) is 10.4. The summed E-state index contributed by atoms with van der Waals surface area (Å²) >= 11 is 0. The Bertz CT molecular complexity index is 1540. The molecule has 6 rings (SSSR count). The molecule has 0 radical (unpaired) electrons. The largest absolute Gasteiger partial charge is 0.486 e. The molecule has 0 amide bonds. The maximum atomic E-state index is 14.6. The van der Waals surface area contributed by atoms with Crippen molar-refractivity contribution in [2.75, 3.05) is 20.0 Å². The molecular formula is C32H32F3N3O4. The van der Waals surface area contributed by atoms with Crippen LogP contribution in [0.3, 0.4) is 0 Å². The lowest BCUT2D eigenvalue weighted by Gasteiger charge is -2.26. The van der Waals surface area contributed by atoms with Crippen molar-refractivity contribution < 1.29 is 32.1 Å². The third kappa shape index (κ3) is 6.04. The smallest absolute Gasteiger partial charge is 0.435 e. The van der Waals surface area contributed by atoms with Gasteiger partial charge in [0.25, 0.3) is 0 Å². The van der Waals surface area contributed by atoms with E-state index in [1.54, 1.807) is 16.7 Å². The highest BCUT2D eigenvalue weighted by Gasteiger charge is 2.39. The molecule has 0 atom stereocenters. The summed E-state index contributed by atoms with van der Waals surface area (Å²) in [4.78, 5) is 6.21. The third-order valence-corrected chi connectivity index (χ3v) is 7.34. The number of ether oxygens (including phenoxy) is 4. The van der Waals surface area contributed by atoms with Crippen LogP contribution in [0.15, 0.2) is 66.7 Å². The molecular weight excluding hydrogens is 547 g/mol. The molecule has 0 bridgehead atoms. The normalized spacial score (nSPS) is 14.0. The molecule has 0 aliphatic carbocycles. The standard InChI is InChI=1S/C32H32F3N3O4/c1-2-3-13-38-25(30(32(33,34)35)36-31(38)24-7-5-4-6-8-24)20-37(19-23-10-12-27-29(17-23)42-21-41-27)18-22-9-11-26-28(16-22)40-15-14-39-26/h4-12,16-17H,2-3,13-15,18-21H2,1H3. The fourth-order valence-corrected chi connectivity index (χ4v) is 5.36. The molecule has 0 spiro atoms. The number of halogens is 3. The van der Waals surface area contributed by atoms with Crippen LogP contribution in [0.4, 0.5) is 13.2 Å². The number of benzene rings is 3. The molecule has 1 aromatic heterocycles. The minimum Gasteiger partial charge on any atom is -0.486 e. The van der Waals surface area contributed by atoms with Crippen LogP contribution < -0.4 is 18.9 Å². The maximum Gasteiger partial charge on any atom is 0.435 e. The Hall–Kier alpha value is -4.18. The van der Waals surface area contributed by atoms with E-state index in [9.17, 15) is 13.2 Å². The first kappa shape index (κ1) is 28.0. The van der Waals surface area contributed by atoms with Crippen molar-refractivity contribution in [3.8, 4) is 34.4 Å². The van der Waals surface area contributed by atoms with Gasteiger partial charge in [-0.05, 0) is 41.8 Å². The molecule has 0 saturated heterocycles. The van der Waals surface area contributed by atoms with Crippen LogP contribution in [0, 0.1) is 0 Å². The fourth-order valence-electron chi connectivity index (χ4n) is 5.36. The van der Waals surface area contributed by atoms with Crippen LogP contribution in [0.1, 0.15) is 42.3 Å². The van der Waals surface area contributed by atoms with E-state index in [4.69, 9.17) is 18.9 Å². The van der Waals surface area contributed by atoms with Crippen molar-refractivity contribution in [2.24, 2.45) is 0 Å². The van der Waals surface area contributed by atoms with Crippen LogP contribution >= 0.6 is 0 Å². The van der Waals surface area contributed by atoms with Gasteiger partial charge in [-0.25, -0.2) is 4.98 Å². The van der Waals surface area contributed by atoms with Gasteiger partial charge in [-0.15, -0.1) is 0 Å². The quantitative estimate of drug-likeness (QED) is 0.200. The summed E-state index contributed by atoms with van der Waals surface area (Å²) in [5.74, 6) is 2.91. The zero-order valence-electron chi connectivity index (χ0n) is 23.3. The van der Waals surface area contributed by atoms with E-state index in [2.05, 4.69) is 4.98 Å². The van der Waals surface area contributed by atoms with Gasteiger partial charge in [0, 0.05) is 31.7 Å². The molecule has 4 aromatic rings. The number of unbranched alkanes of at least 4 members (excludes halogenated alkanes) is 1. The van der Waals surface area contributed by atoms with Gasteiger partial charge in [0.2, 0.25) is 6.79 Å². The predicted octanol–water partition coefficient (Wildman–Crippen LogP) is 7.07. The summed E-state index contributed by atoms with van der Waals surface area (Å²) in [6.45, 7) is 4.32. The minimum absolute atomic E-state index is 0.0290. The van der Waals surface area contributed by atoms with Gasteiger partial charge in [0.1, 0.15) is 19.0 Å². The van der Waals surface area contributed by atoms with Crippen LogP contribution in [-0.4, -0.2) is 34.5 Å². The second-order valence-corrected chi connectivity index (χ2v) is 10.4. The summed E-state index contributed by atoms with van der Waals surface area (Å²) in [5.41, 5.74) is 1.74. The van der Waals surface area contributed by atoms with Crippen LogP contribution in [0.25, 0.3) is 11.4 Å². The van der Waals surface area contributed by atoms with E-state index in [1.165, 1.54) is 0 Å². The average molecular weight is 580 g/mol. The highest BCUT2D eigenvalue weighted by molar-refractivity contribution is 5.57. The summed E-state index contributed by atoms with van der Waals surface area (Å²) in [6, 6.07) is 20.4. The first-order chi connectivity index (χ1) is 20.4. The zero-order chi connectivity index (χ0) is 29.1. The van der Waals surface area contributed by atoms with Gasteiger partial charge in [0.15, 0.2) is 28.7 Å². The molecule has 10 heteroatoms. The third-order valence-electron chi connectivity index (χ3n) is 7.34. The van der Waals surface area contributed by atoms with Gasteiger partial charge in [-0.3, -0.25) is 4.90 Å². The zero-order valence-corrected chi connectivity index (χ0v) is 23.3. The molecule has 2 aliphatic heterocycles. The van der Waals surface area contributed by atoms with E-state index in [0.29, 0.717) is 67.2 Å². The number of fused-ring (bicyclic) bond motifs is 2. The number of nitrogens with zero attached hydrogens (tertiary/aromatic N) is 3. The van der Waals surface area contributed by atoms with E-state index in [-0.39, 0.29) is 19.0 Å². The molecule has 2 aliphatic rings. The molecule has 220 valence electrons. The lowest BCUT2D eigenvalue weighted by atomic mass is 10.1. The fraction of sp³-hybridized carbons (Fsp3) is 0.344. The van der Waals surface area contributed by atoms with Crippen LogP contribution in [0.2, 0.25) is 0 Å². The molecule has 3 aromatic carbocycles. The minimum atomic E-state index is -4.61. The van der Waals surface area contributed by atoms with Crippen molar-refractivity contribution >= 4 is 0 Å². The van der Waals surface area contributed by atoms with Gasteiger partial charge in [-0.1, -0.05) is 55.8 Å². The summed E-state index contributed by atoms with van der Waals surface area (Å²) < 4.78 is 67.9. The molecule has 0 saturated carbocycles. The Balaban J connectivity index is 1.40. The number of imidazole rings is 1. The Kier molecular flexibility index (Phi) is 7.97. The van der Waals surface area contributed by atoms with Crippen molar-refractivity contribution in [1.29, 1.82) is 0 Å². The Morgan fingerprint density at radius 1 is 0.786 bits per heavy atom. The predicted molar refractivity (Wildman–Crippen MR) is 151 cm³/mol. The number of hydrogen-bond donors (Lipinski definition) is 0. The number of aromatic nitrogens is 2. The molecule has 0 fully saturated rings. The van der Waals surface area contributed by atoms with E-state index in [1.807, 2.05) is 66.4 Å². The molecule has 42 heavy (non-hydrogen) atoms. The Morgan fingerprint density at radius 2 is 1.40 bits per heavy atom. The second kappa shape index (κ2) is 12.0. The molecule has 7 nitrogen and oxygen atoms in total. The molecule has 3 heterocycles. The van der Waals surface area contributed by atoms with Crippen molar-refractivity contribution in [3.63, 3.8) is 0 Å². The highest BCUT2D eigenvalue weighted by atomic mass is 19.4. The van der Waals surface area contributed by atoms with Crippen molar-refractivity contribution in [2.45, 2.75) is 52.1 Å². The summed E-state index contributed by atoms with van der Waals surface area (Å²) in [6.07, 6.45) is -3.05. The summed E-state index contributed by atoms with van der Waals surface area (Å²) in [7, 11) is 0. The Labute approximate surface area is 242 Å². The topological polar surface area (TPSA) is 58.0 Å². The van der Waals surface area contributed by atoms with Crippen molar-refractivity contribution in [1.82, 2.24) is 14.5 Å². The highest BCUT2D eigenvalue weighted by Crippen LogP contribution is 2.38. The van der Waals surface area contributed by atoms with Gasteiger partial charge < -0.3 is 23.5 Å². The average Bonchev–Trinajstić information content (AvgIpc) is 3.61. The van der Waals surface area contributed by atoms with Crippen LogP contribution in [-0.2, 0) is 32.4 Å². The lowest BCUT2D eigenvalue weighted by Crippen LogP contribution is -2.26. The van der Waals surface area contributed by atoms with E-state index in [0.717, 1.165) is 24.0 Å². The molecule has 0 unspecified atom stereocenters. The van der Waals surface area contributed by atoms with E-state index < -0.39 is 11.9 Å².